The van der Waals surface area contributed by atoms with Crippen LogP contribution in [-0.2, 0) is 0 Å². The van der Waals surface area contributed by atoms with Crippen molar-refractivity contribution in [3.05, 3.63) is 21.1 Å². The molecule has 2 rings (SSSR count). The van der Waals surface area contributed by atoms with E-state index in [-0.39, 0.29) is 0 Å². The van der Waals surface area contributed by atoms with E-state index in [0.29, 0.717) is 0 Å². The summed E-state index contributed by atoms with van der Waals surface area (Å²) in [4.78, 5) is 2.38. The summed E-state index contributed by atoms with van der Waals surface area (Å²) in [7, 11) is 0. The fourth-order valence-electron chi connectivity index (χ4n) is 1.18. The molecular formula is C9H7IS3. The van der Waals surface area contributed by atoms with Crippen molar-refractivity contribution in [3.8, 4) is 0 Å². The van der Waals surface area contributed by atoms with Crippen molar-refractivity contribution in [2.24, 2.45) is 0 Å². The van der Waals surface area contributed by atoms with Gasteiger partial charge in [-0.1, -0.05) is 0 Å². The van der Waals surface area contributed by atoms with Crippen LogP contribution in [0.2, 0.25) is 0 Å². The minimum Gasteiger partial charge on any atom is -0.142 e. The Morgan fingerprint density at radius 3 is 2.92 bits per heavy atom. The first kappa shape index (κ1) is 10.1. The molecule has 1 aromatic carbocycles. The molecule has 0 nitrogen and oxygen atoms in total. The summed E-state index contributed by atoms with van der Waals surface area (Å²) in [5, 5.41) is 3.51. The van der Waals surface area contributed by atoms with Gasteiger partial charge in [0.15, 0.2) is 0 Å². The summed E-state index contributed by atoms with van der Waals surface area (Å²) in [6.45, 7) is 0. The van der Waals surface area contributed by atoms with Gasteiger partial charge in [0.1, 0.15) is 0 Å². The molecule has 0 saturated heterocycles. The molecule has 0 amide bonds. The average Bonchev–Trinajstić information content (AvgIpc) is 2.48. The zero-order valence-corrected chi connectivity index (χ0v) is 11.6. The summed E-state index contributed by atoms with van der Waals surface area (Å²) < 4.78 is 2.62. The quantitative estimate of drug-likeness (QED) is 0.453. The van der Waals surface area contributed by atoms with Crippen LogP contribution in [0.3, 0.4) is 0 Å². The van der Waals surface area contributed by atoms with Crippen molar-refractivity contribution >= 4 is 68.4 Å². The molecule has 0 aliphatic heterocycles. The zero-order chi connectivity index (χ0) is 9.42. The van der Waals surface area contributed by atoms with Gasteiger partial charge in [-0.15, -0.1) is 35.7 Å². The van der Waals surface area contributed by atoms with Crippen LogP contribution in [0.25, 0.3) is 10.1 Å². The van der Waals surface area contributed by atoms with Gasteiger partial charge in [0.05, 0.1) is 0 Å². The number of hydrogen-bond acceptors (Lipinski definition) is 3. The number of hydrogen-bond donors (Lipinski definition) is 1. The molecule has 13 heavy (non-hydrogen) atoms. The van der Waals surface area contributed by atoms with Gasteiger partial charge in [0, 0.05) is 28.8 Å². The van der Waals surface area contributed by atoms with Gasteiger partial charge in [-0.3, -0.25) is 0 Å². The van der Waals surface area contributed by atoms with Crippen molar-refractivity contribution in [2.75, 3.05) is 6.26 Å². The number of thioether (sulfide) groups is 1. The van der Waals surface area contributed by atoms with Crippen LogP contribution in [0.5, 0.6) is 0 Å². The summed E-state index contributed by atoms with van der Waals surface area (Å²) in [6.07, 6.45) is 2.09. The lowest BCUT2D eigenvalue weighted by atomic mass is 10.3. The molecule has 1 heterocycles. The molecule has 0 N–H and O–H groups in total. The Morgan fingerprint density at radius 2 is 2.23 bits per heavy atom. The molecule has 0 aliphatic carbocycles. The summed E-state index contributed by atoms with van der Waals surface area (Å²) >= 11 is 10.4. The fourth-order valence-corrected chi connectivity index (χ4v) is 3.97. The Bertz CT molecular complexity index is 447. The molecule has 0 spiro atoms. The summed E-state index contributed by atoms with van der Waals surface area (Å²) in [5.41, 5.74) is 0. The van der Waals surface area contributed by atoms with Crippen molar-refractivity contribution in [3.63, 3.8) is 0 Å². The van der Waals surface area contributed by atoms with Crippen LogP contribution >= 0.6 is 58.3 Å². The van der Waals surface area contributed by atoms with Crippen molar-refractivity contribution < 1.29 is 0 Å². The average molecular weight is 338 g/mol. The maximum absolute atomic E-state index is 4.48. The molecule has 0 fully saturated rings. The molecule has 0 bridgehead atoms. The van der Waals surface area contributed by atoms with Gasteiger partial charge in [-0.2, -0.15) is 0 Å². The molecule has 0 atom stereocenters. The second-order valence-corrected chi connectivity index (χ2v) is 6.01. The van der Waals surface area contributed by atoms with E-state index in [2.05, 4.69) is 59.0 Å². The Labute approximate surface area is 105 Å². The molecule has 0 unspecified atom stereocenters. The van der Waals surface area contributed by atoms with Crippen molar-refractivity contribution in [1.29, 1.82) is 0 Å². The molecule has 1 aromatic heterocycles. The lowest BCUT2D eigenvalue weighted by Crippen LogP contribution is -1.74. The van der Waals surface area contributed by atoms with E-state index in [9.17, 15) is 0 Å². The first-order chi connectivity index (χ1) is 6.22. The highest BCUT2D eigenvalue weighted by atomic mass is 127. The van der Waals surface area contributed by atoms with E-state index in [1.165, 1.54) is 18.6 Å². The second-order valence-electron chi connectivity index (χ2n) is 2.61. The zero-order valence-electron chi connectivity index (χ0n) is 6.87. The first-order valence-corrected chi connectivity index (χ1v) is 7.29. The largest absolute Gasteiger partial charge is 0.142 e. The van der Waals surface area contributed by atoms with Crippen LogP contribution in [0.15, 0.2) is 27.3 Å². The number of benzene rings is 1. The summed E-state index contributed by atoms with van der Waals surface area (Å²) in [5.74, 6) is 0. The fraction of sp³-hybridized carbons (Fsp3) is 0.111. The Hall–Kier alpha value is 0.610. The maximum atomic E-state index is 4.48. The number of rotatable bonds is 1. The second kappa shape index (κ2) is 4.00. The highest BCUT2D eigenvalue weighted by molar-refractivity contribution is 14.1. The Balaban J connectivity index is 2.80. The topological polar surface area (TPSA) is 0 Å². The number of thiophene rings is 1. The van der Waals surface area contributed by atoms with Gasteiger partial charge in [0.25, 0.3) is 0 Å². The highest BCUT2D eigenvalue weighted by Gasteiger charge is 2.05. The minimum absolute atomic E-state index is 1.09. The minimum atomic E-state index is 1.09. The normalized spacial score (nSPS) is 11.0. The van der Waals surface area contributed by atoms with Gasteiger partial charge >= 0.3 is 0 Å². The first-order valence-electron chi connectivity index (χ1n) is 3.66. The number of fused-ring (bicyclic) bond motifs is 1. The Morgan fingerprint density at radius 1 is 1.46 bits per heavy atom. The van der Waals surface area contributed by atoms with Crippen LogP contribution in [-0.4, -0.2) is 6.26 Å². The van der Waals surface area contributed by atoms with Crippen molar-refractivity contribution in [1.82, 2.24) is 0 Å². The van der Waals surface area contributed by atoms with E-state index in [1.807, 2.05) is 0 Å². The van der Waals surface area contributed by atoms with Crippen molar-refractivity contribution in [2.45, 2.75) is 9.79 Å². The third-order valence-corrected chi connectivity index (χ3v) is 5.37. The van der Waals surface area contributed by atoms with E-state index in [0.717, 1.165) is 4.90 Å². The molecule has 0 aliphatic rings. The van der Waals surface area contributed by atoms with E-state index in [1.54, 1.807) is 23.1 Å². The van der Waals surface area contributed by atoms with E-state index >= 15 is 0 Å². The highest BCUT2D eigenvalue weighted by Crippen LogP contribution is 2.35. The maximum Gasteiger partial charge on any atom is 0.0487 e. The third-order valence-electron chi connectivity index (χ3n) is 1.82. The van der Waals surface area contributed by atoms with Gasteiger partial charge in [0.2, 0.25) is 0 Å². The summed E-state index contributed by atoms with van der Waals surface area (Å²) in [6, 6.07) is 4.36. The molecule has 68 valence electrons. The van der Waals surface area contributed by atoms with Crippen LogP contribution in [0, 0.1) is 3.57 Å². The smallest absolute Gasteiger partial charge is 0.0487 e. The third kappa shape index (κ3) is 1.86. The van der Waals surface area contributed by atoms with Gasteiger partial charge in [-0.25, -0.2) is 0 Å². The van der Waals surface area contributed by atoms with Crippen LogP contribution < -0.4 is 0 Å². The lowest BCUT2D eigenvalue weighted by Gasteiger charge is -2.00. The number of thiol groups is 1. The van der Waals surface area contributed by atoms with Crippen LogP contribution in [0.4, 0.5) is 0 Å². The molecule has 0 radical (unpaired) electrons. The predicted molar refractivity (Wildman–Crippen MR) is 73.6 cm³/mol. The molecule has 0 saturated carbocycles. The monoisotopic (exact) mass is 338 g/mol. The molecule has 4 heteroatoms. The molecule has 2 aromatic rings. The van der Waals surface area contributed by atoms with Gasteiger partial charge in [-0.05, 0) is 41.0 Å². The van der Waals surface area contributed by atoms with E-state index in [4.69, 9.17) is 0 Å². The standard InChI is InChI=1S/C9H7IS3/c1-12-5-2-6-7(10)4-13-9(6)8(11)3-5/h2-4,11H,1H3. The molecular weight excluding hydrogens is 331 g/mol. The SMILES string of the molecule is CSc1cc(S)c2scc(I)c2c1. The van der Waals surface area contributed by atoms with Gasteiger partial charge < -0.3 is 0 Å². The Kier molecular flexibility index (Phi) is 3.12. The van der Waals surface area contributed by atoms with E-state index < -0.39 is 0 Å². The predicted octanol–water partition coefficient (Wildman–Crippen LogP) is 4.52. The lowest BCUT2D eigenvalue weighted by molar-refractivity contribution is 1.42. The van der Waals surface area contributed by atoms with Crippen LogP contribution in [0.1, 0.15) is 0 Å². The number of halogens is 1.